The van der Waals surface area contributed by atoms with Gasteiger partial charge < -0.3 is 9.88 Å². The van der Waals surface area contributed by atoms with Crippen molar-refractivity contribution in [3.8, 4) is 0 Å². The quantitative estimate of drug-likeness (QED) is 0.874. The third-order valence-electron chi connectivity index (χ3n) is 3.66. The van der Waals surface area contributed by atoms with Crippen LogP contribution in [0.15, 0.2) is 47.4 Å². The molecule has 1 unspecified atom stereocenters. The van der Waals surface area contributed by atoms with Gasteiger partial charge in [0.2, 0.25) is 5.91 Å². The summed E-state index contributed by atoms with van der Waals surface area (Å²) in [6.45, 7) is 1.66. The predicted molar refractivity (Wildman–Crippen MR) is 88.6 cm³/mol. The van der Waals surface area contributed by atoms with E-state index in [1.807, 2.05) is 37.3 Å². The Bertz CT molecular complexity index is 804. The molecular weight excluding hydrogens is 357 g/mol. The molecule has 25 heavy (non-hydrogen) atoms. The normalized spacial score (nSPS) is 12.7. The second-order valence-corrected chi connectivity index (χ2v) is 6.03. The summed E-state index contributed by atoms with van der Waals surface area (Å²) >= 11 is 5.55. The van der Waals surface area contributed by atoms with Crippen LogP contribution in [0.25, 0.3) is 0 Å². The van der Waals surface area contributed by atoms with Gasteiger partial charge in [-0.2, -0.15) is 13.2 Å². The van der Waals surface area contributed by atoms with Crippen LogP contribution in [0.2, 0.25) is 5.02 Å². The maximum Gasteiger partial charge on any atom is 0.417 e. The Morgan fingerprint density at radius 2 is 1.92 bits per heavy atom. The SMILES string of the molecule is CC(CNC(=O)Cn1cc(C(F)(F)F)cc(Cl)c1=O)c1ccccc1. The first-order valence-electron chi connectivity index (χ1n) is 7.47. The fourth-order valence-corrected chi connectivity index (χ4v) is 2.47. The van der Waals surface area contributed by atoms with E-state index < -0.39 is 34.8 Å². The highest BCUT2D eigenvalue weighted by Gasteiger charge is 2.32. The molecule has 0 bridgehead atoms. The van der Waals surface area contributed by atoms with E-state index in [0.29, 0.717) is 23.4 Å². The van der Waals surface area contributed by atoms with Crippen LogP contribution in [-0.2, 0) is 17.5 Å². The van der Waals surface area contributed by atoms with Crippen LogP contribution < -0.4 is 10.9 Å². The lowest BCUT2D eigenvalue weighted by Gasteiger charge is -2.14. The fraction of sp³-hybridized carbons (Fsp3) is 0.294. The van der Waals surface area contributed by atoms with E-state index in [9.17, 15) is 22.8 Å². The molecule has 0 saturated heterocycles. The Kier molecular flexibility index (Phi) is 5.89. The fourth-order valence-electron chi connectivity index (χ4n) is 2.25. The molecule has 4 nitrogen and oxygen atoms in total. The molecule has 0 aliphatic heterocycles. The monoisotopic (exact) mass is 372 g/mol. The maximum atomic E-state index is 12.8. The number of hydrogen-bond donors (Lipinski definition) is 1. The average Bonchev–Trinajstić information content (AvgIpc) is 2.56. The van der Waals surface area contributed by atoms with Crippen LogP contribution in [0.4, 0.5) is 13.2 Å². The van der Waals surface area contributed by atoms with Crippen molar-refractivity contribution in [3.63, 3.8) is 0 Å². The highest BCUT2D eigenvalue weighted by molar-refractivity contribution is 6.30. The summed E-state index contributed by atoms with van der Waals surface area (Å²) in [5, 5.41) is 2.03. The first kappa shape index (κ1) is 19.1. The van der Waals surface area contributed by atoms with E-state index in [4.69, 9.17) is 11.6 Å². The zero-order chi connectivity index (χ0) is 18.6. The largest absolute Gasteiger partial charge is 0.417 e. The van der Waals surface area contributed by atoms with Gasteiger partial charge in [0.05, 0.1) is 5.56 Å². The zero-order valence-corrected chi connectivity index (χ0v) is 14.1. The molecule has 0 spiro atoms. The van der Waals surface area contributed by atoms with E-state index in [0.717, 1.165) is 5.56 Å². The van der Waals surface area contributed by atoms with E-state index in [2.05, 4.69) is 5.32 Å². The van der Waals surface area contributed by atoms with Gasteiger partial charge in [-0.25, -0.2) is 0 Å². The summed E-state index contributed by atoms with van der Waals surface area (Å²) in [5.41, 5.74) is -0.912. The molecule has 0 fully saturated rings. The Morgan fingerprint density at radius 1 is 1.28 bits per heavy atom. The Balaban J connectivity index is 2.05. The Hall–Kier alpha value is -2.28. The van der Waals surface area contributed by atoms with Gasteiger partial charge in [0, 0.05) is 12.7 Å². The number of carbonyl (C=O) groups is 1. The number of aromatic nitrogens is 1. The summed E-state index contributed by atoms with van der Waals surface area (Å²) in [7, 11) is 0. The number of carbonyl (C=O) groups excluding carboxylic acids is 1. The molecular formula is C17H16ClF3N2O2. The predicted octanol–water partition coefficient (Wildman–Crippen LogP) is 3.44. The molecule has 1 atom stereocenters. The molecule has 8 heteroatoms. The van der Waals surface area contributed by atoms with Crippen LogP contribution >= 0.6 is 11.6 Å². The number of alkyl halides is 3. The number of halogens is 4. The number of hydrogen-bond acceptors (Lipinski definition) is 2. The van der Waals surface area contributed by atoms with Gasteiger partial charge in [-0.15, -0.1) is 0 Å². The minimum absolute atomic E-state index is 0.0203. The summed E-state index contributed by atoms with van der Waals surface area (Å²) in [4.78, 5) is 23.8. The number of benzene rings is 1. The zero-order valence-electron chi connectivity index (χ0n) is 13.3. The highest BCUT2D eigenvalue weighted by atomic mass is 35.5. The molecule has 1 N–H and O–H groups in total. The molecule has 1 heterocycles. The van der Waals surface area contributed by atoms with Gasteiger partial charge in [0.1, 0.15) is 11.6 Å². The third kappa shape index (κ3) is 5.09. The molecule has 0 radical (unpaired) electrons. The van der Waals surface area contributed by atoms with E-state index in [-0.39, 0.29) is 5.92 Å². The van der Waals surface area contributed by atoms with E-state index >= 15 is 0 Å². The van der Waals surface area contributed by atoms with Crippen LogP contribution in [-0.4, -0.2) is 17.0 Å². The van der Waals surface area contributed by atoms with Crippen molar-refractivity contribution >= 4 is 17.5 Å². The molecule has 1 amide bonds. The molecule has 2 rings (SSSR count). The summed E-state index contributed by atoms with van der Waals surface area (Å²) in [5.74, 6) is -0.549. The van der Waals surface area contributed by atoms with Gasteiger partial charge >= 0.3 is 6.18 Å². The van der Waals surface area contributed by atoms with Crippen molar-refractivity contribution in [2.75, 3.05) is 6.54 Å². The smallest absolute Gasteiger partial charge is 0.354 e. The Morgan fingerprint density at radius 3 is 2.52 bits per heavy atom. The maximum absolute atomic E-state index is 12.8. The van der Waals surface area contributed by atoms with Crippen LogP contribution in [0, 0.1) is 0 Å². The topological polar surface area (TPSA) is 51.1 Å². The second-order valence-electron chi connectivity index (χ2n) is 5.62. The molecule has 2 aromatic rings. The number of nitrogens with one attached hydrogen (secondary N) is 1. The van der Waals surface area contributed by atoms with Crippen molar-refractivity contribution < 1.29 is 18.0 Å². The highest BCUT2D eigenvalue weighted by Crippen LogP contribution is 2.29. The summed E-state index contributed by atoms with van der Waals surface area (Å²) < 4.78 is 39.0. The second kappa shape index (κ2) is 7.74. The summed E-state index contributed by atoms with van der Waals surface area (Å²) in [6, 6.07) is 9.99. The number of nitrogens with zero attached hydrogens (tertiary/aromatic N) is 1. The molecule has 1 aromatic heterocycles. The first-order valence-corrected chi connectivity index (χ1v) is 7.85. The van der Waals surface area contributed by atoms with Gasteiger partial charge in [-0.3, -0.25) is 9.59 Å². The van der Waals surface area contributed by atoms with Crippen LogP contribution in [0.5, 0.6) is 0 Å². The lowest BCUT2D eigenvalue weighted by Crippen LogP contribution is -2.34. The van der Waals surface area contributed by atoms with E-state index in [1.165, 1.54) is 0 Å². The average molecular weight is 373 g/mol. The Labute approximate surface area is 147 Å². The minimum Gasteiger partial charge on any atom is -0.354 e. The number of rotatable bonds is 5. The van der Waals surface area contributed by atoms with Gasteiger partial charge in [-0.1, -0.05) is 48.9 Å². The van der Waals surface area contributed by atoms with Crippen molar-refractivity contribution in [1.29, 1.82) is 0 Å². The lowest BCUT2D eigenvalue weighted by molar-refractivity contribution is -0.138. The summed E-state index contributed by atoms with van der Waals surface area (Å²) in [6.07, 6.45) is -4.06. The molecule has 1 aromatic carbocycles. The molecule has 0 aliphatic rings. The third-order valence-corrected chi connectivity index (χ3v) is 3.93. The van der Waals surface area contributed by atoms with Crippen LogP contribution in [0.3, 0.4) is 0 Å². The van der Waals surface area contributed by atoms with E-state index in [1.54, 1.807) is 0 Å². The molecule has 0 saturated carbocycles. The minimum atomic E-state index is -4.66. The molecule has 0 aliphatic carbocycles. The van der Waals surface area contributed by atoms with Gasteiger partial charge in [0.25, 0.3) is 5.56 Å². The molecule has 134 valence electrons. The van der Waals surface area contributed by atoms with Gasteiger partial charge in [0.15, 0.2) is 0 Å². The van der Waals surface area contributed by atoms with Gasteiger partial charge in [-0.05, 0) is 17.5 Å². The number of amides is 1. The van der Waals surface area contributed by atoms with Crippen molar-refractivity contribution in [2.24, 2.45) is 0 Å². The van der Waals surface area contributed by atoms with Crippen molar-refractivity contribution in [1.82, 2.24) is 9.88 Å². The van der Waals surface area contributed by atoms with Crippen molar-refractivity contribution in [2.45, 2.75) is 25.6 Å². The van der Waals surface area contributed by atoms with Crippen LogP contribution in [0.1, 0.15) is 24.0 Å². The first-order chi connectivity index (χ1) is 11.7. The lowest BCUT2D eigenvalue weighted by atomic mass is 10.0. The standard InChI is InChI=1S/C17H16ClF3N2O2/c1-11(12-5-3-2-4-6-12)8-22-15(24)10-23-9-13(17(19,20)21)7-14(18)16(23)25/h2-7,9,11H,8,10H2,1H3,(H,22,24). The number of pyridine rings is 1. The van der Waals surface area contributed by atoms with Crippen molar-refractivity contribution in [3.05, 3.63) is 69.1 Å².